The van der Waals surface area contributed by atoms with Gasteiger partial charge in [0.1, 0.15) is 18.2 Å². The van der Waals surface area contributed by atoms with Crippen LogP contribution in [0.25, 0.3) is 0 Å². The summed E-state index contributed by atoms with van der Waals surface area (Å²) in [6.45, 7) is 2.08. The molecule has 1 atom stereocenters. The minimum Gasteiger partial charge on any atom is -0.489 e. The molecule has 0 saturated heterocycles. The van der Waals surface area contributed by atoms with Gasteiger partial charge in [0.15, 0.2) is 0 Å². The highest BCUT2D eigenvalue weighted by Gasteiger charge is 2.04. The zero-order chi connectivity index (χ0) is 15.2. The number of ether oxygens (including phenoxy) is 1. The van der Waals surface area contributed by atoms with Crippen molar-refractivity contribution in [3.63, 3.8) is 0 Å². The molecule has 2 aromatic rings. The third-order valence-corrected chi connectivity index (χ3v) is 3.54. The molecule has 0 fully saturated rings. The van der Waals surface area contributed by atoms with Crippen molar-refractivity contribution in [2.45, 2.75) is 32.5 Å². The molecule has 1 N–H and O–H groups in total. The monoisotopic (exact) mass is 308 g/mol. The van der Waals surface area contributed by atoms with E-state index in [1.54, 1.807) is 13.0 Å². The van der Waals surface area contributed by atoms with Gasteiger partial charge < -0.3 is 9.84 Å². The average molecular weight is 309 g/mol. The van der Waals surface area contributed by atoms with E-state index in [1.165, 1.54) is 12.1 Å². The van der Waals surface area contributed by atoms with Crippen molar-refractivity contribution in [3.8, 4) is 5.75 Å². The van der Waals surface area contributed by atoms with Crippen LogP contribution in [0.15, 0.2) is 42.5 Å². The van der Waals surface area contributed by atoms with E-state index < -0.39 is 0 Å². The highest BCUT2D eigenvalue weighted by molar-refractivity contribution is 6.31. The third-order valence-electron chi connectivity index (χ3n) is 3.18. The van der Waals surface area contributed by atoms with Gasteiger partial charge in [0.2, 0.25) is 0 Å². The molecule has 1 unspecified atom stereocenters. The molecule has 112 valence electrons. The fraction of sp³-hybridized carbons (Fsp3) is 0.294. The molecule has 0 aliphatic carbocycles. The van der Waals surface area contributed by atoms with Crippen molar-refractivity contribution in [2.24, 2.45) is 0 Å². The molecule has 2 rings (SSSR count). The van der Waals surface area contributed by atoms with Crippen LogP contribution in [0.2, 0.25) is 5.02 Å². The van der Waals surface area contributed by atoms with Gasteiger partial charge >= 0.3 is 0 Å². The molecule has 0 radical (unpaired) electrons. The lowest BCUT2D eigenvalue weighted by atomic mass is 10.1. The zero-order valence-electron chi connectivity index (χ0n) is 11.9. The molecule has 21 heavy (non-hydrogen) atoms. The lowest BCUT2D eigenvalue weighted by Gasteiger charge is -2.09. The Hall–Kier alpha value is -1.58. The number of aliphatic hydroxyl groups is 1. The summed E-state index contributed by atoms with van der Waals surface area (Å²) in [7, 11) is 0. The summed E-state index contributed by atoms with van der Waals surface area (Å²) in [6.07, 6.45) is 1.29. The van der Waals surface area contributed by atoms with Crippen LogP contribution in [0.3, 0.4) is 0 Å². The van der Waals surface area contributed by atoms with Crippen molar-refractivity contribution >= 4 is 11.6 Å². The molecule has 2 nitrogen and oxygen atoms in total. The molecule has 2 aromatic carbocycles. The van der Waals surface area contributed by atoms with E-state index in [-0.39, 0.29) is 11.9 Å². The first kappa shape index (κ1) is 15.8. The largest absolute Gasteiger partial charge is 0.489 e. The van der Waals surface area contributed by atoms with E-state index in [1.807, 2.05) is 24.3 Å². The molecular formula is C17H18ClFO2. The van der Waals surface area contributed by atoms with Crippen LogP contribution < -0.4 is 4.74 Å². The van der Waals surface area contributed by atoms with Crippen molar-refractivity contribution in [3.05, 3.63) is 64.4 Å². The number of halogens is 2. The van der Waals surface area contributed by atoms with Crippen molar-refractivity contribution in [1.82, 2.24) is 0 Å². The molecule has 0 aromatic heterocycles. The number of benzene rings is 2. The summed E-state index contributed by atoms with van der Waals surface area (Å²) in [5.74, 6) is 0.377. The summed E-state index contributed by atoms with van der Waals surface area (Å²) in [5, 5.41) is 9.62. The number of aliphatic hydroxyl groups excluding tert-OH is 1. The first-order chi connectivity index (χ1) is 10.0. The average Bonchev–Trinajstić information content (AvgIpc) is 2.45. The van der Waals surface area contributed by atoms with E-state index in [2.05, 4.69) is 0 Å². The van der Waals surface area contributed by atoms with Crippen LogP contribution >= 0.6 is 11.6 Å². The Labute approximate surface area is 129 Å². The van der Waals surface area contributed by atoms with Crippen LogP contribution in [-0.2, 0) is 13.0 Å². The predicted octanol–water partition coefficient (Wildman–Crippen LogP) is 4.37. The van der Waals surface area contributed by atoms with Gasteiger partial charge in [-0.15, -0.1) is 0 Å². The van der Waals surface area contributed by atoms with Gasteiger partial charge in [-0.3, -0.25) is 0 Å². The van der Waals surface area contributed by atoms with Crippen LogP contribution in [0.4, 0.5) is 4.39 Å². The summed E-state index contributed by atoms with van der Waals surface area (Å²) in [5.41, 5.74) is 1.90. The number of hydrogen-bond donors (Lipinski definition) is 1. The summed E-state index contributed by atoms with van der Waals surface area (Å²) in [6, 6.07) is 12.0. The molecule has 0 bridgehead atoms. The minimum atomic E-state index is -0.355. The Balaban J connectivity index is 1.91. The molecule has 0 amide bonds. The summed E-state index contributed by atoms with van der Waals surface area (Å²) in [4.78, 5) is 0. The zero-order valence-corrected chi connectivity index (χ0v) is 12.6. The van der Waals surface area contributed by atoms with Gasteiger partial charge in [0, 0.05) is 5.56 Å². The summed E-state index contributed by atoms with van der Waals surface area (Å²) < 4.78 is 18.6. The Morgan fingerprint density at radius 3 is 2.52 bits per heavy atom. The van der Waals surface area contributed by atoms with E-state index >= 15 is 0 Å². The van der Waals surface area contributed by atoms with Crippen LogP contribution in [-0.4, -0.2) is 11.2 Å². The fourth-order valence-electron chi connectivity index (χ4n) is 1.93. The van der Waals surface area contributed by atoms with Crippen molar-refractivity contribution < 1.29 is 14.2 Å². The van der Waals surface area contributed by atoms with Crippen LogP contribution in [0.5, 0.6) is 5.75 Å². The second kappa shape index (κ2) is 7.43. The first-order valence-electron chi connectivity index (χ1n) is 6.88. The third kappa shape index (κ3) is 5.03. The standard InChI is InChI=1S/C17H18ClFO2/c1-12(20)2-3-13-4-8-16(9-5-13)21-11-14-6-7-15(19)10-17(14)18/h4-10,12,20H,2-3,11H2,1H3. The lowest BCUT2D eigenvalue weighted by Crippen LogP contribution is -2.01. The molecule has 0 spiro atoms. The molecule has 0 aliphatic rings. The number of hydrogen-bond acceptors (Lipinski definition) is 2. The SMILES string of the molecule is CC(O)CCc1ccc(OCc2ccc(F)cc2Cl)cc1. The second-order valence-corrected chi connectivity index (χ2v) is 5.46. The number of aryl methyl sites for hydroxylation is 1. The maximum atomic E-state index is 12.9. The van der Waals surface area contributed by atoms with Crippen LogP contribution in [0.1, 0.15) is 24.5 Å². The molecule has 0 heterocycles. The molecule has 4 heteroatoms. The van der Waals surface area contributed by atoms with Gasteiger partial charge in [-0.25, -0.2) is 4.39 Å². The Bertz CT molecular complexity index is 582. The highest BCUT2D eigenvalue weighted by atomic mass is 35.5. The fourth-order valence-corrected chi connectivity index (χ4v) is 2.15. The maximum absolute atomic E-state index is 12.9. The lowest BCUT2D eigenvalue weighted by molar-refractivity contribution is 0.185. The quantitative estimate of drug-likeness (QED) is 0.858. The van der Waals surface area contributed by atoms with E-state index in [4.69, 9.17) is 16.3 Å². The van der Waals surface area contributed by atoms with Crippen LogP contribution in [0, 0.1) is 5.82 Å². The predicted molar refractivity (Wildman–Crippen MR) is 82.2 cm³/mol. The van der Waals surface area contributed by atoms with Gasteiger partial charge in [0.05, 0.1) is 11.1 Å². The van der Waals surface area contributed by atoms with E-state index in [0.29, 0.717) is 11.6 Å². The minimum absolute atomic E-state index is 0.290. The van der Waals surface area contributed by atoms with E-state index in [9.17, 15) is 9.50 Å². The number of rotatable bonds is 6. The smallest absolute Gasteiger partial charge is 0.124 e. The first-order valence-corrected chi connectivity index (χ1v) is 7.26. The van der Waals surface area contributed by atoms with E-state index in [0.717, 1.165) is 29.7 Å². The topological polar surface area (TPSA) is 29.5 Å². The molecule has 0 aliphatic heterocycles. The van der Waals surface area contributed by atoms with Crippen molar-refractivity contribution in [2.75, 3.05) is 0 Å². The maximum Gasteiger partial charge on any atom is 0.124 e. The van der Waals surface area contributed by atoms with Gasteiger partial charge in [-0.2, -0.15) is 0 Å². The summed E-state index contributed by atoms with van der Waals surface area (Å²) >= 11 is 5.95. The normalized spacial score (nSPS) is 12.2. The second-order valence-electron chi connectivity index (χ2n) is 5.06. The Kier molecular flexibility index (Phi) is 5.59. The molecular weight excluding hydrogens is 291 g/mol. The van der Waals surface area contributed by atoms with Gasteiger partial charge in [-0.05, 0) is 49.6 Å². The Morgan fingerprint density at radius 2 is 1.90 bits per heavy atom. The molecule has 0 saturated carbocycles. The van der Waals surface area contributed by atoms with Gasteiger partial charge in [0.25, 0.3) is 0 Å². The highest BCUT2D eigenvalue weighted by Crippen LogP contribution is 2.20. The van der Waals surface area contributed by atoms with Crippen molar-refractivity contribution in [1.29, 1.82) is 0 Å². The van der Waals surface area contributed by atoms with Gasteiger partial charge in [-0.1, -0.05) is 29.8 Å². The Morgan fingerprint density at radius 1 is 1.19 bits per heavy atom.